The van der Waals surface area contributed by atoms with Crippen LogP contribution >= 0.6 is 11.6 Å². The second-order valence-electron chi connectivity index (χ2n) is 8.07. The topological polar surface area (TPSA) is 86.6 Å². The van der Waals surface area contributed by atoms with Gasteiger partial charge in [0.05, 0.1) is 28.9 Å². The average Bonchev–Trinajstić information content (AvgIpc) is 3.15. The van der Waals surface area contributed by atoms with E-state index in [0.29, 0.717) is 22.3 Å². The van der Waals surface area contributed by atoms with E-state index in [-0.39, 0.29) is 17.9 Å². The average molecular weight is 505 g/mol. The molecule has 0 aliphatic rings. The van der Waals surface area contributed by atoms with Crippen LogP contribution in [0.3, 0.4) is 0 Å². The van der Waals surface area contributed by atoms with Crippen molar-refractivity contribution in [2.24, 2.45) is 0 Å². The molecule has 1 atom stereocenters. The summed E-state index contributed by atoms with van der Waals surface area (Å²) in [6, 6.07) is 21.3. The number of nitrogens with one attached hydrogen (secondary N) is 1. The molecule has 3 aromatic carbocycles. The number of benzene rings is 3. The Hall–Kier alpha value is -4.10. The molecule has 184 valence electrons. The highest BCUT2D eigenvalue weighted by molar-refractivity contribution is 6.32. The first-order chi connectivity index (χ1) is 17.3. The second-order valence-corrected chi connectivity index (χ2v) is 8.73. The van der Waals surface area contributed by atoms with Crippen LogP contribution in [-0.2, 0) is 9.53 Å². The van der Waals surface area contributed by atoms with Gasteiger partial charge in [-0.1, -0.05) is 30.3 Å². The molecule has 7 nitrogen and oxygen atoms in total. The summed E-state index contributed by atoms with van der Waals surface area (Å²) in [6.07, 6.45) is 0. The van der Waals surface area contributed by atoms with Crippen molar-refractivity contribution in [2.75, 3.05) is 11.9 Å². The van der Waals surface area contributed by atoms with Gasteiger partial charge in [0.1, 0.15) is 11.1 Å². The fraction of sp³-hybridized carbons (Fsp3) is 0.179. The monoisotopic (exact) mass is 504 g/mol. The minimum absolute atomic E-state index is 0.173. The van der Waals surface area contributed by atoms with E-state index in [1.54, 1.807) is 49.4 Å². The number of halogens is 1. The standard InChI is InChI=1S/C28H25ClN2O5/c1-4-35-28(34)25-18(3)31(19-10-6-5-7-11-19)24-15-14-20(16-22(24)25)36-27(33)21-12-8-9-13-23(21)30-26(32)17(2)29/h5-17H,4H2,1-3H3,(H,30,32). The Morgan fingerprint density at radius 2 is 1.67 bits per heavy atom. The SMILES string of the molecule is CCOC(=O)c1c(C)n(-c2ccccc2)c2ccc(OC(=O)c3ccccc3NC(=O)C(C)Cl)cc12. The Bertz CT molecular complexity index is 1440. The molecule has 1 unspecified atom stereocenters. The van der Waals surface area contributed by atoms with Gasteiger partial charge in [0.15, 0.2) is 0 Å². The maximum absolute atomic E-state index is 13.0. The van der Waals surface area contributed by atoms with Gasteiger partial charge in [-0.2, -0.15) is 0 Å². The number of nitrogens with zero attached hydrogens (tertiary/aromatic N) is 1. The van der Waals surface area contributed by atoms with E-state index < -0.39 is 23.2 Å². The lowest BCUT2D eigenvalue weighted by molar-refractivity contribution is -0.115. The molecule has 4 aromatic rings. The highest BCUT2D eigenvalue weighted by atomic mass is 35.5. The molecule has 4 rings (SSSR count). The largest absolute Gasteiger partial charge is 0.462 e. The van der Waals surface area contributed by atoms with Gasteiger partial charge in [0.25, 0.3) is 0 Å². The zero-order chi connectivity index (χ0) is 25.8. The lowest BCUT2D eigenvalue weighted by Gasteiger charge is -2.12. The van der Waals surface area contributed by atoms with Crippen molar-refractivity contribution in [3.8, 4) is 11.4 Å². The number of rotatable bonds is 7. The molecule has 0 fully saturated rings. The quantitative estimate of drug-likeness (QED) is 0.192. The van der Waals surface area contributed by atoms with E-state index in [2.05, 4.69) is 5.32 Å². The van der Waals surface area contributed by atoms with E-state index in [0.717, 1.165) is 11.2 Å². The fourth-order valence-corrected chi connectivity index (χ4v) is 4.05. The van der Waals surface area contributed by atoms with E-state index in [1.807, 2.05) is 41.8 Å². The zero-order valence-electron chi connectivity index (χ0n) is 20.1. The van der Waals surface area contributed by atoms with Crippen molar-refractivity contribution >= 4 is 46.0 Å². The molecule has 0 spiro atoms. The van der Waals surface area contributed by atoms with Crippen LogP contribution in [0.2, 0.25) is 0 Å². The number of alkyl halides is 1. The molecule has 0 saturated heterocycles. The minimum atomic E-state index is -0.769. The van der Waals surface area contributed by atoms with Crippen LogP contribution in [0.25, 0.3) is 16.6 Å². The molecule has 1 N–H and O–H groups in total. The van der Waals surface area contributed by atoms with Crippen LogP contribution in [0.15, 0.2) is 72.8 Å². The number of anilines is 1. The smallest absolute Gasteiger partial charge is 0.345 e. The summed E-state index contributed by atoms with van der Waals surface area (Å²) >= 11 is 5.85. The zero-order valence-corrected chi connectivity index (χ0v) is 20.8. The van der Waals surface area contributed by atoms with Crippen LogP contribution in [0.5, 0.6) is 5.75 Å². The number of hydrogen-bond acceptors (Lipinski definition) is 5. The van der Waals surface area contributed by atoms with Crippen LogP contribution in [0.1, 0.15) is 40.3 Å². The number of aromatic nitrogens is 1. The van der Waals surface area contributed by atoms with Gasteiger partial charge in [-0.25, -0.2) is 9.59 Å². The van der Waals surface area contributed by atoms with Crippen LogP contribution in [-0.4, -0.2) is 34.4 Å². The Morgan fingerprint density at radius 3 is 2.36 bits per heavy atom. The molecule has 1 heterocycles. The highest BCUT2D eigenvalue weighted by Crippen LogP contribution is 2.33. The van der Waals surface area contributed by atoms with E-state index >= 15 is 0 Å². The third-order valence-corrected chi connectivity index (χ3v) is 5.84. The number of amides is 1. The molecule has 0 saturated carbocycles. The van der Waals surface area contributed by atoms with Crippen LogP contribution < -0.4 is 10.1 Å². The third kappa shape index (κ3) is 4.97. The summed E-state index contributed by atoms with van der Waals surface area (Å²) in [5.74, 6) is -1.31. The van der Waals surface area contributed by atoms with Crippen molar-refractivity contribution in [1.82, 2.24) is 4.57 Å². The first-order valence-electron chi connectivity index (χ1n) is 11.5. The fourth-order valence-electron chi connectivity index (χ4n) is 4.00. The van der Waals surface area contributed by atoms with Gasteiger partial charge in [-0.15, -0.1) is 11.6 Å². The predicted octanol–water partition coefficient (Wildman–Crippen LogP) is 5.90. The lowest BCUT2D eigenvalue weighted by Crippen LogP contribution is -2.22. The molecule has 8 heteroatoms. The Morgan fingerprint density at radius 1 is 0.972 bits per heavy atom. The van der Waals surface area contributed by atoms with E-state index in [9.17, 15) is 14.4 Å². The summed E-state index contributed by atoms with van der Waals surface area (Å²) in [6.45, 7) is 5.37. The number of hydrogen-bond donors (Lipinski definition) is 1. The molecule has 0 aliphatic heterocycles. The lowest BCUT2D eigenvalue weighted by atomic mass is 10.1. The maximum Gasteiger partial charge on any atom is 0.345 e. The summed E-state index contributed by atoms with van der Waals surface area (Å²) in [4.78, 5) is 38.0. The van der Waals surface area contributed by atoms with Crippen LogP contribution in [0, 0.1) is 6.92 Å². The van der Waals surface area contributed by atoms with Gasteiger partial charge in [0, 0.05) is 16.8 Å². The summed E-state index contributed by atoms with van der Waals surface area (Å²) in [5, 5.41) is 2.46. The molecule has 0 radical (unpaired) electrons. The van der Waals surface area contributed by atoms with Gasteiger partial charge in [-0.3, -0.25) is 4.79 Å². The molecular weight excluding hydrogens is 480 g/mol. The molecule has 1 aromatic heterocycles. The van der Waals surface area contributed by atoms with Gasteiger partial charge in [0.2, 0.25) is 5.91 Å². The molecule has 0 bridgehead atoms. The number of carbonyl (C=O) groups is 3. The Balaban J connectivity index is 1.74. The maximum atomic E-state index is 13.0. The van der Waals surface area contributed by atoms with Crippen molar-refractivity contribution in [3.63, 3.8) is 0 Å². The number of esters is 2. The van der Waals surface area contributed by atoms with Crippen molar-refractivity contribution in [1.29, 1.82) is 0 Å². The summed E-state index contributed by atoms with van der Waals surface area (Å²) < 4.78 is 12.9. The first-order valence-corrected chi connectivity index (χ1v) is 11.9. The number of ether oxygens (including phenoxy) is 2. The normalized spacial score (nSPS) is 11.7. The summed E-state index contributed by atoms with van der Waals surface area (Å²) in [7, 11) is 0. The van der Waals surface area contributed by atoms with Crippen molar-refractivity contribution in [3.05, 3.63) is 89.6 Å². The van der Waals surface area contributed by atoms with Crippen molar-refractivity contribution < 1.29 is 23.9 Å². The van der Waals surface area contributed by atoms with Crippen molar-refractivity contribution in [2.45, 2.75) is 26.1 Å². The first kappa shape index (κ1) is 25.0. The van der Waals surface area contributed by atoms with E-state index in [1.165, 1.54) is 6.92 Å². The predicted molar refractivity (Wildman–Crippen MR) is 139 cm³/mol. The molecule has 36 heavy (non-hydrogen) atoms. The number of para-hydroxylation sites is 2. The molecule has 0 aliphatic carbocycles. The van der Waals surface area contributed by atoms with Gasteiger partial charge >= 0.3 is 11.9 Å². The number of fused-ring (bicyclic) bond motifs is 1. The van der Waals surface area contributed by atoms with E-state index in [4.69, 9.17) is 21.1 Å². The third-order valence-electron chi connectivity index (χ3n) is 5.65. The minimum Gasteiger partial charge on any atom is -0.462 e. The van der Waals surface area contributed by atoms with Gasteiger partial charge in [-0.05, 0) is 63.2 Å². The Labute approximate surface area is 213 Å². The Kier molecular flexibility index (Phi) is 7.41. The van der Waals surface area contributed by atoms with Gasteiger partial charge < -0.3 is 19.4 Å². The molecule has 1 amide bonds. The van der Waals surface area contributed by atoms with Crippen LogP contribution in [0.4, 0.5) is 5.69 Å². The number of carbonyl (C=O) groups excluding carboxylic acids is 3. The summed E-state index contributed by atoms with van der Waals surface area (Å²) in [5.41, 5.74) is 3.23. The highest BCUT2D eigenvalue weighted by Gasteiger charge is 2.23. The molecular formula is C28H25ClN2O5. The second kappa shape index (κ2) is 10.7.